The molecule has 0 spiro atoms. The second kappa shape index (κ2) is 7.05. The summed E-state index contributed by atoms with van der Waals surface area (Å²) in [4.78, 5) is 26.2. The molecule has 8 heteroatoms. The molecule has 0 aliphatic carbocycles. The highest BCUT2D eigenvalue weighted by molar-refractivity contribution is 5.97. The van der Waals surface area contributed by atoms with Gasteiger partial charge in [0.2, 0.25) is 0 Å². The fourth-order valence-corrected chi connectivity index (χ4v) is 1.72. The third-order valence-corrected chi connectivity index (χ3v) is 2.82. The van der Waals surface area contributed by atoms with E-state index in [0.717, 1.165) is 12.3 Å². The maximum atomic E-state index is 12.8. The van der Waals surface area contributed by atoms with E-state index in [1.54, 1.807) is 0 Å². The van der Waals surface area contributed by atoms with Gasteiger partial charge in [-0.05, 0) is 12.5 Å². The number of aromatic nitrogens is 1. The maximum absolute atomic E-state index is 12.8. The van der Waals surface area contributed by atoms with Crippen molar-refractivity contribution < 1.29 is 27.9 Å². The summed E-state index contributed by atoms with van der Waals surface area (Å²) in [6.07, 6.45) is -1.74. The van der Waals surface area contributed by atoms with Gasteiger partial charge in [-0.15, -0.1) is 0 Å². The molecule has 1 unspecified atom stereocenters. The van der Waals surface area contributed by atoms with Gasteiger partial charge in [-0.1, -0.05) is 19.8 Å². The molecule has 0 saturated carbocycles. The predicted octanol–water partition coefficient (Wildman–Crippen LogP) is 2.47. The molecule has 0 radical (unpaired) electrons. The van der Waals surface area contributed by atoms with E-state index in [-0.39, 0.29) is 6.42 Å². The number of amides is 1. The maximum Gasteiger partial charge on any atom is 0.418 e. The van der Waals surface area contributed by atoms with E-state index in [9.17, 15) is 22.8 Å². The number of aliphatic carboxylic acids is 1. The Balaban J connectivity index is 2.96. The lowest BCUT2D eigenvalue weighted by molar-refractivity contribution is -0.139. The van der Waals surface area contributed by atoms with Gasteiger partial charge in [0.15, 0.2) is 0 Å². The minimum absolute atomic E-state index is 0.157. The van der Waals surface area contributed by atoms with Crippen molar-refractivity contribution in [3.63, 3.8) is 0 Å². The molecule has 1 amide bonds. The van der Waals surface area contributed by atoms with Crippen molar-refractivity contribution in [3.05, 3.63) is 29.6 Å². The van der Waals surface area contributed by atoms with Gasteiger partial charge in [-0.3, -0.25) is 9.78 Å². The fourth-order valence-electron chi connectivity index (χ4n) is 1.72. The van der Waals surface area contributed by atoms with Crippen LogP contribution in [0.2, 0.25) is 0 Å². The largest absolute Gasteiger partial charge is 0.480 e. The average Bonchev–Trinajstić information content (AvgIpc) is 2.42. The van der Waals surface area contributed by atoms with E-state index in [1.807, 2.05) is 6.92 Å². The monoisotopic (exact) mass is 304 g/mol. The lowest BCUT2D eigenvalue weighted by Crippen LogP contribution is -2.41. The molecule has 5 nitrogen and oxygen atoms in total. The number of rotatable bonds is 6. The van der Waals surface area contributed by atoms with Crippen LogP contribution < -0.4 is 5.32 Å². The summed E-state index contributed by atoms with van der Waals surface area (Å²) in [5.41, 5.74) is -1.83. The van der Waals surface area contributed by atoms with Gasteiger partial charge in [0.05, 0.1) is 11.1 Å². The standard InChI is InChI=1S/C13H15F3N2O3/c1-2-3-4-10(12(20)21)18-11(19)8-5-6-17-7-9(8)13(14,15)16/h5-7,10H,2-4H2,1H3,(H,18,19)(H,20,21). The molecule has 2 N–H and O–H groups in total. The van der Waals surface area contributed by atoms with Crippen molar-refractivity contribution >= 4 is 11.9 Å². The van der Waals surface area contributed by atoms with Crippen LogP contribution in [-0.4, -0.2) is 28.0 Å². The Bertz CT molecular complexity index is 518. The van der Waals surface area contributed by atoms with E-state index >= 15 is 0 Å². The van der Waals surface area contributed by atoms with Gasteiger partial charge in [0.1, 0.15) is 6.04 Å². The Labute approximate surface area is 119 Å². The summed E-state index contributed by atoms with van der Waals surface area (Å²) >= 11 is 0. The molecule has 0 aromatic carbocycles. The highest BCUT2D eigenvalue weighted by Crippen LogP contribution is 2.31. The Kier molecular flexibility index (Phi) is 5.69. The molecule has 0 saturated heterocycles. The topological polar surface area (TPSA) is 79.3 Å². The summed E-state index contributed by atoms with van der Waals surface area (Å²) in [5, 5.41) is 11.1. The van der Waals surface area contributed by atoms with Crippen molar-refractivity contribution in [2.24, 2.45) is 0 Å². The highest BCUT2D eigenvalue weighted by atomic mass is 19.4. The third kappa shape index (κ3) is 4.73. The van der Waals surface area contributed by atoms with Crippen molar-refractivity contribution in [3.8, 4) is 0 Å². The lowest BCUT2D eigenvalue weighted by Gasteiger charge is -2.16. The first-order chi connectivity index (χ1) is 9.77. The first-order valence-electron chi connectivity index (χ1n) is 6.32. The Morgan fingerprint density at radius 3 is 2.62 bits per heavy atom. The molecule has 1 atom stereocenters. The van der Waals surface area contributed by atoms with Crippen LogP contribution in [0.4, 0.5) is 13.2 Å². The number of nitrogens with zero attached hydrogens (tertiary/aromatic N) is 1. The van der Waals surface area contributed by atoms with Crippen LogP contribution in [0.15, 0.2) is 18.5 Å². The van der Waals surface area contributed by atoms with Crippen molar-refractivity contribution in [2.45, 2.75) is 38.4 Å². The molecule has 116 valence electrons. The van der Waals surface area contributed by atoms with Crippen LogP contribution in [0, 0.1) is 0 Å². The number of hydrogen-bond donors (Lipinski definition) is 2. The number of halogens is 3. The molecule has 0 bridgehead atoms. The molecule has 1 aromatic heterocycles. The molecular formula is C13H15F3N2O3. The van der Waals surface area contributed by atoms with Gasteiger partial charge in [0.25, 0.3) is 5.91 Å². The van der Waals surface area contributed by atoms with E-state index in [1.165, 1.54) is 0 Å². The summed E-state index contributed by atoms with van der Waals surface area (Å²) in [5.74, 6) is -2.35. The van der Waals surface area contributed by atoms with Crippen LogP contribution in [0.3, 0.4) is 0 Å². The van der Waals surface area contributed by atoms with Gasteiger partial charge < -0.3 is 10.4 Å². The fraction of sp³-hybridized carbons (Fsp3) is 0.462. The second-order valence-corrected chi connectivity index (χ2v) is 4.43. The first kappa shape index (κ1) is 16.9. The van der Waals surface area contributed by atoms with Crippen LogP contribution in [0.5, 0.6) is 0 Å². The number of carbonyl (C=O) groups excluding carboxylic acids is 1. The molecule has 1 rings (SSSR count). The summed E-state index contributed by atoms with van der Waals surface area (Å²) in [6.45, 7) is 1.84. The van der Waals surface area contributed by atoms with Crippen LogP contribution in [0.25, 0.3) is 0 Å². The minimum Gasteiger partial charge on any atom is -0.480 e. The molecule has 21 heavy (non-hydrogen) atoms. The number of unbranched alkanes of at least 4 members (excludes halogenated alkanes) is 1. The SMILES string of the molecule is CCCCC(NC(=O)c1ccncc1C(F)(F)F)C(=O)O. The number of carboxylic acid groups (broad SMARTS) is 1. The zero-order valence-electron chi connectivity index (χ0n) is 11.3. The summed E-state index contributed by atoms with van der Waals surface area (Å²) in [6, 6.07) is -0.302. The number of alkyl halides is 3. The average molecular weight is 304 g/mol. The molecule has 1 heterocycles. The minimum atomic E-state index is -4.73. The van der Waals surface area contributed by atoms with Crippen LogP contribution >= 0.6 is 0 Å². The van der Waals surface area contributed by atoms with Crippen molar-refractivity contribution in [1.29, 1.82) is 0 Å². The zero-order valence-corrected chi connectivity index (χ0v) is 11.3. The van der Waals surface area contributed by atoms with E-state index in [4.69, 9.17) is 5.11 Å². The Morgan fingerprint density at radius 2 is 2.10 bits per heavy atom. The molecular weight excluding hydrogens is 289 g/mol. The molecule has 0 aliphatic rings. The lowest BCUT2D eigenvalue weighted by atomic mass is 10.1. The van der Waals surface area contributed by atoms with E-state index in [0.29, 0.717) is 19.0 Å². The van der Waals surface area contributed by atoms with Gasteiger partial charge in [-0.2, -0.15) is 13.2 Å². The smallest absolute Gasteiger partial charge is 0.418 e. The number of nitrogens with one attached hydrogen (secondary N) is 1. The van der Waals surface area contributed by atoms with E-state index in [2.05, 4.69) is 10.3 Å². The third-order valence-electron chi connectivity index (χ3n) is 2.82. The quantitative estimate of drug-likeness (QED) is 0.846. The zero-order chi connectivity index (χ0) is 16.0. The Hall–Kier alpha value is -2.12. The van der Waals surface area contributed by atoms with Gasteiger partial charge in [-0.25, -0.2) is 4.79 Å². The summed E-state index contributed by atoms with van der Waals surface area (Å²) < 4.78 is 38.3. The number of hydrogen-bond acceptors (Lipinski definition) is 3. The number of carboxylic acids is 1. The van der Waals surface area contributed by atoms with Gasteiger partial charge >= 0.3 is 12.1 Å². The van der Waals surface area contributed by atoms with Crippen molar-refractivity contribution in [2.75, 3.05) is 0 Å². The molecule has 0 aliphatic heterocycles. The van der Waals surface area contributed by atoms with Crippen LogP contribution in [-0.2, 0) is 11.0 Å². The van der Waals surface area contributed by atoms with E-state index < -0.39 is 35.2 Å². The molecule has 0 fully saturated rings. The summed E-state index contributed by atoms with van der Waals surface area (Å²) in [7, 11) is 0. The molecule has 1 aromatic rings. The van der Waals surface area contributed by atoms with Gasteiger partial charge in [0, 0.05) is 12.4 Å². The highest BCUT2D eigenvalue weighted by Gasteiger charge is 2.36. The first-order valence-corrected chi connectivity index (χ1v) is 6.32. The van der Waals surface area contributed by atoms with Crippen molar-refractivity contribution in [1.82, 2.24) is 10.3 Å². The predicted molar refractivity (Wildman–Crippen MR) is 67.7 cm³/mol. The second-order valence-electron chi connectivity index (χ2n) is 4.43. The normalized spacial score (nSPS) is 12.8. The number of pyridine rings is 1. The number of carbonyl (C=O) groups is 2. The Morgan fingerprint density at radius 1 is 1.43 bits per heavy atom. The van der Waals surface area contributed by atoms with Crippen LogP contribution in [0.1, 0.15) is 42.1 Å².